The van der Waals surface area contributed by atoms with Crippen molar-refractivity contribution < 1.29 is 23.4 Å². The average Bonchev–Trinajstić information content (AvgIpc) is 2.46. The van der Waals surface area contributed by atoms with Gasteiger partial charge in [-0.25, -0.2) is 13.6 Å². The van der Waals surface area contributed by atoms with Crippen LogP contribution in [0.25, 0.3) is 0 Å². The van der Waals surface area contributed by atoms with E-state index in [4.69, 9.17) is 15.6 Å². The van der Waals surface area contributed by atoms with Crippen molar-refractivity contribution in [3.63, 3.8) is 0 Å². The fourth-order valence-corrected chi connectivity index (χ4v) is 1.63. The lowest BCUT2D eigenvalue weighted by Crippen LogP contribution is -2.54. The van der Waals surface area contributed by atoms with Crippen LogP contribution < -0.4 is 10.5 Å². The van der Waals surface area contributed by atoms with Gasteiger partial charge in [0.15, 0.2) is 5.54 Å². The Labute approximate surface area is 121 Å². The molecule has 0 heterocycles. The third kappa shape index (κ3) is 4.78. The topological polar surface area (TPSA) is 84.9 Å². The average molecular weight is 300 g/mol. The Kier molecular flexibility index (Phi) is 6.23. The van der Waals surface area contributed by atoms with Crippen LogP contribution in [0.3, 0.4) is 0 Å². The van der Waals surface area contributed by atoms with Crippen LogP contribution in [0.4, 0.5) is 8.78 Å². The molecule has 0 saturated carbocycles. The van der Waals surface area contributed by atoms with E-state index in [2.05, 4.69) is 4.99 Å². The minimum atomic E-state index is -3.11. The van der Waals surface area contributed by atoms with Gasteiger partial charge < -0.3 is 15.6 Å². The summed E-state index contributed by atoms with van der Waals surface area (Å²) in [6, 6.07) is 7.14. The van der Waals surface area contributed by atoms with Gasteiger partial charge in [0, 0.05) is 12.8 Å². The van der Waals surface area contributed by atoms with E-state index in [-0.39, 0.29) is 19.4 Å². The van der Waals surface area contributed by atoms with Crippen molar-refractivity contribution in [1.29, 1.82) is 0 Å². The molecular weight excluding hydrogens is 282 g/mol. The summed E-state index contributed by atoms with van der Waals surface area (Å²) in [5.41, 5.74) is 3.52. The second kappa shape index (κ2) is 7.68. The van der Waals surface area contributed by atoms with E-state index in [0.29, 0.717) is 0 Å². The molecule has 1 unspecified atom stereocenters. The van der Waals surface area contributed by atoms with E-state index in [9.17, 15) is 13.6 Å². The van der Waals surface area contributed by atoms with Crippen LogP contribution in [0, 0.1) is 0 Å². The maximum Gasteiger partial charge on any atom is 0.329 e. The summed E-state index contributed by atoms with van der Waals surface area (Å²) in [7, 11) is 1.56. The standard InChI is InChI=1S/C14H18F2N2O3/c1-21-11-5-3-10(4-6-11)9-18-8-2-7-14(17,12(15)16)13(19)20/h3-6,9,12H,2,7-8,17H2,1H3,(H,19,20). The van der Waals surface area contributed by atoms with E-state index in [0.717, 1.165) is 11.3 Å². The number of carbonyl (C=O) groups is 1. The molecule has 116 valence electrons. The van der Waals surface area contributed by atoms with Gasteiger partial charge in [-0.05, 0) is 42.7 Å². The number of nitrogens with two attached hydrogens (primary N) is 1. The van der Waals surface area contributed by atoms with Crippen LogP contribution in [0.1, 0.15) is 18.4 Å². The smallest absolute Gasteiger partial charge is 0.329 e. The molecule has 0 aliphatic carbocycles. The second-order valence-corrected chi connectivity index (χ2v) is 4.56. The number of aliphatic carboxylic acids is 1. The molecular formula is C14H18F2N2O3. The summed E-state index contributed by atoms with van der Waals surface area (Å²) in [4.78, 5) is 14.8. The monoisotopic (exact) mass is 300 g/mol. The molecule has 1 atom stereocenters. The first-order valence-electron chi connectivity index (χ1n) is 6.34. The van der Waals surface area contributed by atoms with Gasteiger partial charge in [-0.1, -0.05) is 0 Å². The lowest BCUT2D eigenvalue weighted by Gasteiger charge is -2.22. The quantitative estimate of drug-likeness (QED) is 0.567. The van der Waals surface area contributed by atoms with Gasteiger partial charge in [-0.3, -0.25) is 4.99 Å². The van der Waals surface area contributed by atoms with Crippen molar-refractivity contribution in [3.8, 4) is 5.75 Å². The summed E-state index contributed by atoms with van der Waals surface area (Å²) >= 11 is 0. The summed E-state index contributed by atoms with van der Waals surface area (Å²) < 4.78 is 30.3. The second-order valence-electron chi connectivity index (χ2n) is 4.56. The van der Waals surface area contributed by atoms with Crippen molar-refractivity contribution in [2.45, 2.75) is 24.8 Å². The molecule has 0 aromatic heterocycles. The molecule has 1 aromatic carbocycles. The maximum atomic E-state index is 12.6. The lowest BCUT2D eigenvalue weighted by atomic mass is 9.95. The molecule has 0 fully saturated rings. The van der Waals surface area contributed by atoms with Crippen molar-refractivity contribution in [2.24, 2.45) is 10.7 Å². The fraction of sp³-hybridized carbons (Fsp3) is 0.429. The van der Waals surface area contributed by atoms with Crippen LogP contribution in [0.5, 0.6) is 5.75 Å². The van der Waals surface area contributed by atoms with E-state index in [1.54, 1.807) is 37.6 Å². The van der Waals surface area contributed by atoms with Crippen LogP contribution in [0.2, 0.25) is 0 Å². The fourth-order valence-electron chi connectivity index (χ4n) is 1.63. The number of methoxy groups -OCH3 is 1. The molecule has 0 aliphatic heterocycles. The van der Waals surface area contributed by atoms with Gasteiger partial charge in [0.05, 0.1) is 7.11 Å². The molecule has 3 N–H and O–H groups in total. The van der Waals surface area contributed by atoms with Gasteiger partial charge in [0.2, 0.25) is 0 Å². The highest BCUT2D eigenvalue weighted by Gasteiger charge is 2.43. The number of hydrogen-bond acceptors (Lipinski definition) is 4. The first-order valence-corrected chi connectivity index (χ1v) is 6.34. The van der Waals surface area contributed by atoms with Gasteiger partial charge >= 0.3 is 5.97 Å². The third-order valence-corrected chi connectivity index (χ3v) is 3.02. The first kappa shape index (κ1) is 17.0. The van der Waals surface area contributed by atoms with E-state index >= 15 is 0 Å². The number of alkyl halides is 2. The van der Waals surface area contributed by atoms with Crippen molar-refractivity contribution in [1.82, 2.24) is 0 Å². The van der Waals surface area contributed by atoms with Gasteiger partial charge in [-0.15, -0.1) is 0 Å². The molecule has 7 heteroatoms. The number of ether oxygens (including phenoxy) is 1. The van der Waals surface area contributed by atoms with Crippen LogP contribution in [-0.2, 0) is 4.79 Å². The third-order valence-electron chi connectivity index (χ3n) is 3.02. The largest absolute Gasteiger partial charge is 0.497 e. The molecule has 5 nitrogen and oxygen atoms in total. The molecule has 0 saturated heterocycles. The molecule has 21 heavy (non-hydrogen) atoms. The van der Waals surface area contributed by atoms with Crippen molar-refractivity contribution >= 4 is 12.2 Å². The molecule has 0 radical (unpaired) electrons. The molecule has 0 amide bonds. The van der Waals surface area contributed by atoms with E-state index in [1.165, 1.54) is 0 Å². The van der Waals surface area contributed by atoms with Crippen LogP contribution in [-0.4, -0.2) is 42.9 Å². The Morgan fingerprint density at radius 3 is 2.57 bits per heavy atom. The number of halogens is 2. The van der Waals surface area contributed by atoms with E-state index in [1.807, 2.05) is 0 Å². The highest BCUT2D eigenvalue weighted by molar-refractivity contribution is 5.80. The Hall–Kier alpha value is -2.02. The summed E-state index contributed by atoms with van der Waals surface area (Å²) in [6.45, 7) is 0.227. The highest BCUT2D eigenvalue weighted by Crippen LogP contribution is 2.19. The lowest BCUT2D eigenvalue weighted by molar-refractivity contribution is -0.150. The number of nitrogens with zero attached hydrogens (tertiary/aromatic N) is 1. The highest BCUT2D eigenvalue weighted by atomic mass is 19.3. The van der Waals surface area contributed by atoms with Gasteiger partial charge in [0.1, 0.15) is 5.75 Å². The first-order chi connectivity index (χ1) is 9.90. The minimum Gasteiger partial charge on any atom is -0.497 e. The Bertz CT molecular complexity index is 491. The minimum absolute atomic E-state index is 0.166. The summed E-state index contributed by atoms with van der Waals surface area (Å²) in [5, 5.41) is 8.73. The Morgan fingerprint density at radius 2 is 2.10 bits per heavy atom. The van der Waals surface area contributed by atoms with Crippen LogP contribution in [0.15, 0.2) is 29.3 Å². The number of carboxylic acid groups (broad SMARTS) is 1. The molecule has 1 rings (SSSR count). The zero-order valence-corrected chi connectivity index (χ0v) is 11.6. The zero-order valence-electron chi connectivity index (χ0n) is 11.6. The molecule has 0 bridgehead atoms. The van der Waals surface area contributed by atoms with Gasteiger partial charge in [0.25, 0.3) is 6.43 Å². The Morgan fingerprint density at radius 1 is 1.48 bits per heavy atom. The molecule has 1 aromatic rings. The Balaban J connectivity index is 2.45. The van der Waals surface area contributed by atoms with Crippen LogP contribution >= 0.6 is 0 Å². The SMILES string of the molecule is COc1ccc(C=NCCCC(N)(C(=O)O)C(F)F)cc1. The van der Waals surface area contributed by atoms with Crippen molar-refractivity contribution in [2.75, 3.05) is 13.7 Å². The summed E-state index contributed by atoms with van der Waals surface area (Å²) in [6.07, 6.45) is -1.69. The molecule has 0 spiro atoms. The predicted molar refractivity (Wildman–Crippen MR) is 75.2 cm³/mol. The number of hydrogen-bond donors (Lipinski definition) is 2. The maximum absolute atomic E-state index is 12.6. The predicted octanol–water partition coefficient (Wildman–Crippen LogP) is 1.94. The number of carboxylic acids is 1. The molecule has 0 aliphatic rings. The number of benzene rings is 1. The van der Waals surface area contributed by atoms with E-state index < -0.39 is 17.9 Å². The normalized spacial score (nSPS) is 14.3. The summed E-state index contributed by atoms with van der Waals surface area (Å²) in [5.74, 6) is -0.977. The van der Waals surface area contributed by atoms with Crippen molar-refractivity contribution in [3.05, 3.63) is 29.8 Å². The van der Waals surface area contributed by atoms with Gasteiger partial charge in [-0.2, -0.15) is 0 Å². The number of aliphatic imine (C=N–C) groups is 1. The number of rotatable bonds is 8. The zero-order chi connectivity index (χ0) is 15.9.